The molecule has 0 aromatic carbocycles. The topological polar surface area (TPSA) is 21.3 Å². The van der Waals surface area contributed by atoms with Crippen LogP contribution in [0.1, 0.15) is 52.9 Å². The molecule has 0 bridgehead atoms. The Morgan fingerprint density at radius 1 is 1.35 bits per heavy atom. The predicted molar refractivity (Wildman–Crippen MR) is 74.3 cm³/mol. The highest BCUT2D eigenvalue weighted by Gasteiger charge is 2.27. The third kappa shape index (κ3) is 6.23. The Bertz CT molecular complexity index is 225. The quantitative estimate of drug-likeness (QED) is 0.542. The Labute approximate surface area is 107 Å². The van der Waals surface area contributed by atoms with Crippen LogP contribution in [0.25, 0.3) is 0 Å². The first kappa shape index (κ1) is 14.7. The molecule has 0 aromatic heterocycles. The van der Waals surface area contributed by atoms with Gasteiger partial charge in [0.05, 0.1) is 12.7 Å². The lowest BCUT2D eigenvalue weighted by molar-refractivity contribution is 0.0154. The molecule has 0 atom stereocenters. The van der Waals surface area contributed by atoms with Gasteiger partial charge in [0.15, 0.2) is 0 Å². The average molecular weight is 239 g/mol. The van der Waals surface area contributed by atoms with E-state index < -0.39 is 0 Å². The van der Waals surface area contributed by atoms with E-state index in [1.54, 1.807) is 0 Å². The zero-order chi connectivity index (χ0) is 12.7. The fraction of sp³-hybridized carbons (Fsp3) is 0.867. The van der Waals surface area contributed by atoms with E-state index in [1.807, 2.05) is 0 Å². The molecule has 17 heavy (non-hydrogen) atoms. The van der Waals surface area contributed by atoms with Gasteiger partial charge in [-0.05, 0) is 49.6 Å². The highest BCUT2D eigenvalue weighted by atomic mass is 16.5. The number of ether oxygens (including phenoxy) is 1. The summed E-state index contributed by atoms with van der Waals surface area (Å²) in [5.41, 5.74) is 1.70. The Morgan fingerprint density at radius 3 is 2.59 bits per heavy atom. The lowest BCUT2D eigenvalue weighted by Gasteiger charge is -2.34. The molecule has 2 nitrogen and oxygen atoms in total. The maximum Gasteiger partial charge on any atom is 0.0690 e. The fourth-order valence-electron chi connectivity index (χ4n) is 2.27. The molecule has 0 amide bonds. The third-order valence-corrected chi connectivity index (χ3v) is 3.61. The van der Waals surface area contributed by atoms with Crippen molar-refractivity contribution in [1.29, 1.82) is 0 Å². The molecule has 1 aliphatic rings. The SMILES string of the molecule is C=C(CNCCC)COC1CCC(C)(C)CC1. The highest BCUT2D eigenvalue weighted by Crippen LogP contribution is 2.36. The molecule has 1 aliphatic carbocycles. The van der Waals surface area contributed by atoms with Gasteiger partial charge in [-0.25, -0.2) is 0 Å². The molecule has 1 saturated carbocycles. The van der Waals surface area contributed by atoms with E-state index in [-0.39, 0.29) is 0 Å². The van der Waals surface area contributed by atoms with Crippen molar-refractivity contribution in [2.75, 3.05) is 19.7 Å². The number of nitrogens with one attached hydrogen (secondary N) is 1. The molecule has 0 aliphatic heterocycles. The van der Waals surface area contributed by atoms with Gasteiger partial charge in [0, 0.05) is 6.54 Å². The standard InChI is InChI=1S/C15H29NO/c1-5-10-16-11-13(2)12-17-14-6-8-15(3,4)9-7-14/h14,16H,2,5-12H2,1,3-4H3. The second-order valence-electron chi connectivity index (χ2n) is 6.10. The Kier molecular flexibility index (Phi) is 6.21. The van der Waals surface area contributed by atoms with Gasteiger partial charge in [-0.3, -0.25) is 0 Å². The van der Waals surface area contributed by atoms with E-state index in [0.29, 0.717) is 11.5 Å². The van der Waals surface area contributed by atoms with Crippen LogP contribution in [0.4, 0.5) is 0 Å². The summed E-state index contributed by atoms with van der Waals surface area (Å²) in [4.78, 5) is 0. The minimum atomic E-state index is 0.464. The zero-order valence-electron chi connectivity index (χ0n) is 11.8. The number of rotatable bonds is 7. The minimum Gasteiger partial charge on any atom is -0.374 e. The fourth-order valence-corrected chi connectivity index (χ4v) is 2.27. The zero-order valence-corrected chi connectivity index (χ0v) is 11.8. The van der Waals surface area contributed by atoms with Gasteiger partial charge >= 0.3 is 0 Å². The molecule has 0 saturated heterocycles. The molecule has 0 radical (unpaired) electrons. The largest absolute Gasteiger partial charge is 0.374 e. The first-order chi connectivity index (χ1) is 8.03. The maximum absolute atomic E-state index is 5.93. The van der Waals surface area contributed by atoms with Crippen LogP contribution in [0.2, 0.25) is 0 Å². The van der Waals surface area contributed by atoms with Gasteiger partial charge in [0.1, 0.15) is 0 Å². The van der Waals surface area contributed by atoms with Crippen molar-refractivity contribution in [3.05, 3.63) is 12.2 Å². The molecule has 0 aromatic rings. The molecule has 1 N–H and O–H groups in total. The monoisotopic (exact) mass is 239 g/mol. The second kappa shape index (κ2) is 7.17. The van der Waals surface area contributed by atoms with Crippen LogP contribution in [0.5, 0.6) is 0 Å². The van der Waals surface area contributed by atoms with E-state index in [4.69, 9.17) is 4.74 Å². The average Bonchev–Trinajstić information content (AvgIpc) is 2.28. The molecule has 2 heteroatoms. The Hall–Kier alpha value is -0.340. The first-order valence-corrected chi connectivity index (χ1v) is 7.02. The molecule has 0 unspecified atom stereocenters. The van der Waals surface area contributed by atoms with Crippen LogP contribution in [0.15, 0.2) is 12.2 Å². The molecular formula is C15H29NO. The molecule has 100 valence electrons. The summed E-state index contributed by atoms with van der Waals surface area (Å²) >= 11 is 0. The molecule has 1 rings (SSSR count). The predicted octanol–water partition coefficient (Wildman–Crippen LogP) is 3.53. The normalized spacial score (nSPS) is 20.4. The van der Waals surface area contributed by atoms with E-state index >= 15 is 0 Å². The highest BCUT2D eigenvalue weighted by molar-refractivity contribution is 4.97. The summed E-state index contributed by atoms with van der Waals surface area (Å²) in [6, 6.07) is 0. The van der Waals surface area contributed by atoms with Crippen LogP contribution >= 0.6 is 0 Å². The van der Waals surface area contributed by atoms with Gasteiger partial charge in [0.25, 0.3) is 0 Å². The molecule has 0 spiro atoms. The first-order valence-electron chi connectivity index (χ1n) is 7.02. The summed E-state index contributed by atoms with van der Waals surface area (Å²) in [5, 5.41) is 3.36. The smallest absolute Gasteiger partial charge is 0.0690 e. The van der Waals surface area contributed by atoms with Crippen LogP contribution < -0.4 is 5.32 Å². The van der Waals surface area contributed by atoms with Gasteiger partial charge in [-0.2, -0.15) is 0 Å². The summed E-state index contributed by atoms with van der Waals surface area (Å²) in [7, 11) is 0. The summed E-state index contributed by atoms with van der Waals surface area (Å²) < 4.78 is 5.93. The van der Waals surface area contributed by atoms with Crippen molar-refractivity contribution < 1.29 is 4.74 Å². The van der Waals surface area contributed by atoms with Crippen molar-refractivity contribution in [1.82, 2.24) is 5.32 Å². The van der Waals surface area contributed by atoms with Crippen LogP contribution in [-0.2, 0) is 4.74 Å². The molecule has 0 heterocycles. The van der Waals surface area contributed by atoms with Crippen LogP contribution in [0.3, 0.4) is 0 Å². The summed E-state index contributed by atoms with van der Waals surface area (Å²) in [6.45, 7) is 13.6. The molecular weight excluding hydrogens is 210 g/mol. The van der Waals surface area contributed by atoms with Gasteiger partial charge in [-0.1, -0.05) is 27.4 Å². The van der Waals surface area contributed by atoms with Crippen molar-refractivity contribution >= 4 is 0 Å². The van der Waals surface area contributed by atoms with Crippen LogP contribution in [-0.4, -0.2) is 25.8 Å². The van der Waals surface area contributed by atoms with Gasteiger partial charge < -0.3 is 10.1 Å². The summed E-state index contributed by atoms with van der Waals surface area (Å²) in [5.74, 6) is 0. The van der Waals surface area contributed by atoms with E-state index in [1.165, 1.54) is 37.7 Å². The van der Waals surface area contributed by atoms with Crippen LogP contribution in [0, 0.1) is 5.41 Å². The van der Waals surface area contributed by atoms with Gasteiger partial charge in [-0.15, -0.1) is 0 Å². The van der Waals surface area contributed by atoms with Crippen molar-refractivity contribution in [2.24, 2.45) is 5.41 Å². The number of hydrogen-bond donors (Lipinski definition) is 1. The van der Waals surface area contributed by atoms with Crippen molar-refractivity contribution in [2.45, 2.75) is 59.0 Å². The van der Waals surface area contributed by atoms with E-state index in [9.17, 15) is 0 Å². The Morgan fingerprint density at radius 2 is 2.00 bits per heavy atom. The minimum absolute atomic E-state index is 0.464. The summed E-state index contributed by atoms with van der Waals surface area (Å²) in [6.07, 6.45) is 6.64. The number of hydrogen-bond acceptors (Lipinski definition) is 2. The second-order valence-corrected chi connectivity index (χ2v) is 6.10. The third-order valence-electron chi connectivity index (χ3n) is 3.61. The van der Waals surface area contributed by atoms with Gasteiger partial charge in [0.2, 0.25) is 0 Å². The lowest BCUT2D eigenvalue weighted by Crippen LogP contribution is -2.28. The van der Waals surface area contributed by atoms with Crippen molar-refractivity contribution in [3.63, 3.8) is 0 Å². The molecule has 1 fully saturated rings. The van der Waals surface area contributed by atoms with E-state index in [2.05, 4.69) is 32.7 Å². The lowest BCUT2D eigenvalue weighted by atomic mass is 9.76. The van der Waals surface area contributed by atoms with E-state index in [0.717, 1.165) is 19.7 Å². The van der Waals surface area contributed by atoms with Crippen molar-refractivity contribution in [3.8, 4) is 0 Å². The Balaban J connectivity index is 2.09. The maximum atomic E-state index is 5.93.